The van der Waals surface area contributed by atoms with Crippen molar-refractivity contribution >= 4 is 22.7 Å². The molecule has 1 atom stereocenters. The fraction of sp³-hybridized carbons (Fsp3) is 0.130. The van der Waals surface area contributed by atoms with Crippen molar-refractivity contribution in [2.75, 3.05) is 10.6 Å². The molecule has 134 valence electrons. The van der Waals surface area contributed by atoms with Crippen molar-refractivity contribution in [1.82, 2.24) is 9.97 Å². The number of anilines is 2. The van der Waals surface area contributed by atoms with Crippen molar-refractivity contribution in [3.8, 4) is 0 Å². The van der Waals surface area contributed by atoms with Crippen LogP contribution >= 0.6 is 0 Å². The predicted octanol–water partition coefficient (Wildman–Crippen LogP) is 5.42. The number of hydrogen-bond donors (Lipinski definition) is 2. The number of nitrogens with zero attached hydrogens (tertiary/aromatic N) is 2. The maximum Gasteiger partial charge on any atom is 0.225 e. The first-order chi connectivity index (χ1) is 13.3. The van der Waals surface area contributed by atoms with Crippen molar-refractivity contribution in [3.05, 3.63) is 96.1 Å². The first-order valence-corrected chi connectivity index (χ1v) is 9.15. The lowest BCUT2D eigenvalue weighted by Crippen LogP contribution is -2.11. The lowest BCUT2D eigenvalue weighted by molar-refractivity contribution is 0.863. The molecule has 4 rings (SSSR count). The van der Waals surface area contributed by atoms with Gasteiger partial charge in [-0.15, -0.1) is 0 Å². The van der Waals surface area contributed by atoms with Gasteiger partial charge in [-0.2, -0.15) is 4.98 Å². The van der Waals surface area contributed by atoms with Crippen LogP contribution in [-0.2, 0) is 6.54 Å². The number of hydrogen-bond acceptors (Lipinski definition) is 4. The van der Waals surface area contributed by atoms with E-state index in [0.717, 1.165) is 23.3 Å². The van der Waals surface area contributed by atoms with Crippen LogP contribution < -0.4 is 10.6 Å². The summed E-state index contributed by atoms with van der Waals surface area (Å²) in [5.74, 6) is 1.47. The van der Waals surface area contributed by atoms with Gasteiger partial charge in [0.25, 0.3) is 0 Å². The molecule has 1 heterocycles. The standard InChI is InChI=1S/C23H22N4/c1-17(19-12-6-3-7-13-19)25-23-26-21-15-9-8-14-20(21)22(27-23)24-16-18-10-4-2-5-11-18/h2-15,17H,16H2,1H3,(H2,24,25,26,27). The first kappa shape index (κ1) is 17.0. The fourth-order valence-electron chi connectivity index (χ4n) is 3.08. The van der Waals surface area contributed by atoms with E-state index in [1.807, 2.05) is 60.7 Å². The molecule has 0 fully saturated rings. The normalized spacial score (nSPS) is 11.9. The minimum absolute atomic E-state index is 0.120. The van der Waals surface area contributed by atoms with Crippen molar-refractivity contribution in [3.63, 3.8) is 0 Å². The molecule has 0 radical (unpaired) electrons. The van der Waals surface area contributed by atoms with E-state index >= 15 is 0 Å². The molecule has 0 amide bonds. The summed E-state index contributed by atoms with van der Waals surface area (Å²) in [7, 11) is 0. The van der Waals surface area contributed by atoms with E-state index in [1.54, 1.807) is 0 Å². The summed E-state index contributed by atoms with van der Waals surface area (Å²) in [5, 5.41) is 7.91. The number of rotatable bonds is 6. The minimum Gasteiger partial charge on any atom is -0.365 e. The molecule has 0 saturated heterocycles. The smallest absolute Gasteiger partial charge is 0.225 e. The van der Waals surface area contributed by atoms with Crippen LogP contribution in [0.3, 0.4) is 0 Å². The van der Waals surface area contributed by atoms with Gasteiger partial charge in [-0.3, -0.25) is 0 Å². The molecule has 4 aromatic rings. The third kappa shape index (κ3) is 4.06. The Hall–Kier alpha value is -3.40. The van der Waals surface area contributed by atoms with Gasteiger partial charge in [-0.1, -0.05) is 72.8 Å². The Balaban J connectivity index is 1.62. The van der Waals surface area contributed by atoms with E-state index in [9.17, 15) is 0 Å². The number of para-hydroxylation sites is 1. The van der Waals surface area contributed by atoms with Gasteiger partial charge >= 0.3 is 0 Å². The van der Waals surface area contributed by atoms with Gasteiger partial charge in [0.15, 0.2) is 0 Å². The van der Waals surface area contributed by atoms with E-state index in [4.69, 9.17) is 9.97 Å². The van der Waals surface area contributed by atoms with Gasteiger partial charge in [0.2, 0.25) is 5.95 Å². The predicted molar refractivity (Wildman–Crippen MR) is 112 cm³/mol. The van der Waals surface area contributed by atoms with E-state index in [0.29, 0.717) is 5.95 Å². The Bertz CT molecular complexity index is 1020. The lowest BCUT2D eigenvalue weighted by Gasteiger charge is -2.16. The van der Waals surface area contributed by atoms with Gasteiger partial charge in [0.1, 0.15) is 5.82 Å². The topological polar surface area (TPSA) is 49.8 Å². The van der Waals surface area contributed by atoms with Crippen LogP contribution in [0.1, 0.15) is 24.1 Å². The van der Waals surface area contributed by atoms with Crippen molar-refractivity contribution in [2.24, 2.45) is 0 Å². The highest BCUT2D eigenvalue weighted by molar-refractivity contribution is 5.90. The van der Waals surface area contributed by atoms with Crippen LogP contribution in [0, 0.1) is 0 Å². The lowest BCUT2D eigenvalue weighted by atomic mass is 10.1. The second-order valence-corrected chi connectivity index (χ2v) is 6.53. The summed E-state index contributed by atoms with van der Waals surface area (Å²) < 4.78 is 0. The molecule has 27 heavy (non-hydrogen) atoms. The third-order valence-corrected chi connectivity index (χ3v) is 4.55. The molecular weight excluding hydrogens is 332 g/mol. The average molecular weight is 354 g/mol. The molecule has 4 nitrogen and oxygen atoms in total. The molecule has 1 aromatic heterocycles. The van der Waals surface area contributed by atoms with Crippen molar-refractivity contribution in [2.45, 2.75) is 19.5 Å². The summed E-state index contributed by atoms with van der Waals surface area (Å²) in [5.41, 5.74) is 3.34. The Morgan fingerprint density at radius 3 is 2.22 bits per heavy atom. The summed E-state index contributed by atoms with van der Waals surface area (Å²) >= 11 is 0. The summed E-state index contributed by atoms with van der Waals surface area (Å²) in [6.07, 6.45) is 0. The summed E-state index contributed by atoms with van der Waals surface area (Å²) in [4.78, 5) is 9.44. The quantitative estimate of drug-likeness (QED) is 0.486. The van der Waals surface area contributed by atoms with Crippen molar-refractivity contribution < 1.29 is 0 Å². The molecule has 0 aliphatic rings. The Kier molecular flexibility index (Phi) is 4.97. The molecule has 0 spiro atoms. The Morgan fingerprint density at radius 2 is 1.44 bits per heavy atom. The Labute approximate surface area is 159 Å². The maximum absolute atomic E-state index is 4.75. The zero-order valence-corrected chi connectivity index (χ0v) is 15.3. The van der Waals surface area contributed by atoms with Gasteiger partial charge in [0, 0.05) is 11.9 Å². The molecule has 3 aromatic carbocycles. The second kappa shape index (κ2) is 7.87. The number of fused-ring (bicyclic) bond motifs is 1. The number of aromatic nitrogens is 2. The van der Waals surface area contributed by atoms with E-state index in [-0.39, 0.29) is 6.04 Å². The highest BCUT2D eigenvalue weighted by Crippen LogP contribution is 2.24. The van der Waals surface area contributed by atoms with Crippen LogP contribution in [0.5, 0.6) is 0 Å². The highest BCUT2D eigenvalue weighted by Gasteiger charge is 2.11. The van der Waals surface area contributed by atoms with E-state index in [2.05, 4.69) is 41.8 Å². The average Bonchev–Trinajstić information content (AvgIpc) is 2.73. The first-order valence-electron chi connectivity index (χ1n) is 9.15. The third-order valence-electron chi connectivity index (χ3n) is 4.55. The number of nitrogens with one attached hydrogen (secondary N) is 2. The molecular formula is C23H22N4. The van der Waals surface area contributed by atoms with Gasteiger partial charge in [0.05, 0.1) is 11.6 Å². The zero-order chi connectivity index (χ0) is 18.5. The summed E-state index contributed by atoms with van der Waals surface area (Å²) in [6.45, 7) is 2.83. The fourth-order valence-corrected chi connectivity index (χ4v) is 3.08. The van der Waals surface area contributed by atoms with Crippen molar-refractivity contribution in [1.29, 1.82) is 0 Å². The van der Waals surface area contributed by atoms with Crippen LogP contribution in [-0.4, -0.2) is 9.97 Å². The molecule has 0 aliphatic carbocycles. The number of benzene rings is 3. The molecule has 1 unspecified atom stereocenters. The zero-order valence-electron chi connectivity index (χ0n) is 15.3. The highest BCUT2D eigenvalue weighted by atomic mass is 15.2. The molecule has 0 aliphatic heterocycles. The Morgan fingerprint density at radius 1 is 0.778 bits per heavy atom. The summed E-state index contributed by atoms with van der Waals surface area (Å²) in [6, 6.07) is 28.8. The molecule has 4 heteroatoms. The van der Waals surface area contributed by atoms with Gasteiger partial charge < -0.3 is 10.6 Å². The van der Waals surface area contributed by atoms with Crippen LogP contribution in [0.2, 0.25) is 0 Å². The monoisotopic (exact) mass is 354 g/mol. The van der Waals surface area contributed by atoms with Gasteiger partial charge in [-0.25, -0.2) is 4.98 Å². The molecule has 0 saturated carbocycles. The van der Waals surface area contributed by atoms with E-state index in [1.165, 1.54) is 11.1 Å². The second-order valence-electron chi connectivity index (χ2n) is 6.53. The largest absolute Gasteiger partial charge is 0.365 e. The maximum atomic E-state index is 4.75. The van der Waals surface area contributed by atoms with Crippen LogP contribution in [0.15, 0.2) is 84.9 Å². The van der Waals surface area contributed by atoms with Crippen LogP contribution in [0.4, 0.5) is 11.8 Å². The van der Waals surface area contributed by atoms with E-state index < -0.39 is 0 Å². The SMILES string of the molecule is CC(Nc1nc(NCc2ccccc2)c2ccccc2n1)c1ccccc1. The molecule has 2 N–H and O–H groups in total. The molecule has 0 bridgehead atoms. The van der Waals surface area contributed by atoms with Gasteiger partial charge in [-0.05, 0) is 30.2 Å². The minimum atomic E-state index is 0.120. The van der Waals surface area contributed by atoms with Crippen LogP contribution in [0.25, 0.3) is 10.9 Å².